The van der Waals surface area contributed by atoms with Gasteiger partial charge in [-0.25, -0.2) is 9.59 Å². The van der Waals surface area contributed by atoms with E-state index in [-0.39, 0.29) is 24.3 Å². The van der Waals surface area contributed by atoms with Crippen LogP contribution in [0, 0.1) is 13.8 Å². The molecule has 1 atom stereocenters. The number of nitrogens with zero attached hydrogens (tertiary/aromatic N) is 2. The Labute approximate surface area is 162 Å². The van der Waals surface area contributed by atoms with Crippen LogP contribution >= 0.6 is 0 Å². The highest BCUT2D eigenvalue weighted by Gasteiger charge is 2.44. The molecule has 0 aromatic carbocycles. The molecule has 3 heterocycles. The lowest BCUT2D eigenvalue weighted by atomic mass is 10.0. The molecule has 1 unspecified atom stereocenters. The van der Waals surface area contributed by atoms with Crippen molar-refractivity contribution in [3.8, 4) is 0 Å². The molecule has 0 saturated carbocycles. The zero-order valence-corrected chi connectivity index (χ0v) is 16.5. The highest BCUT2D eigenvalue weighted by Crippen LogP contribution is 2.26. The minimum atomic E-state index is -0.740. The Hall–Kier alpha value is -2.84. The van der Waals surface area contributed by atoms with Crippen LogP contribution in [-0.2, 0) is 14.3 Å². The Balaban J connectivity index is 1.69. The Kier molecular flexibility index (Phi) is 5.44. The quantitative estimate of drug-likeness (QED) is 0.614. The van der Waals surface area contributed by atoms with Crippen LogP contribution in [0.15, 0.2) is 0 Å². The summed E-state index contributed by atoms with van der Waals surface area (Å²) in [5, 5.41) is 0. The lowest BCUT2D eigenvalue weighted by Gasteiger charge is -2.37. The fourth-order valence-electron chi connectivity index (χ4n) is 4.15. The summed E-state index contributed by atoms with van der Waals surface area (Å²) in [6, 6.07) is -0.932. The average molecular weight is 391 g/mol. The largest absolute Gasteiger partial charge is 0.467 e. The molecule has 1 aromatic heterocycles. The predicted octanol–water partition coefficient (Wildman–Crippen LogP) is 1.43. The number of ketones is 1. The van der Waals surface area contributed by atoms with E-state index in [9.17, 15) is 19.2 Å². The topological polar surface area (TPSA) is 109 Å². The first-order chi connectivity index (χ1) is 13.3. The number of esters is 1. The summed E-state index contributed by atoms with van der Waals surface area (Å²) in [6.45, 7) is 5.89. The zero-order chi connectivity index (χ0) is 20.6. The first-order valence-electron chi connectivity index (χ1n) is 9.28. The molecule has 2 amide bonds. The number of aryl methyl sites for hydroxylation is 1. The number of aromatic nitrogens is 1. The zero-order valence-electron chi connectivity index (χ0n) is 16.5. The summed E-state index contributed by atoms with van der Waals surface area (Å²) in [4.78, 5) is 54.9. The van der Waals surface area contributed by atoms with Gasteiger partial charge in [-0.15, -0.1) is 0 Å². The van der Waals surface area contributed by atoms with Gasteiger partial charge in [-0.05, 0) is 39.2 Å². The second kappa shape index (κ2) is 7.65. The maximum Gasteiger partial charge on any atom is 0.410 e. The van der Waals surface area contributed by atoms with Gasteiger partial charge >= 0.3 is 12.1 Å². The summed E-state index contributed by atoms with van der Waals surface area (Å²) in [5.41, 5.74) is 2.32. The minimum absolute atomic E-state index is 0.0145. The molecule has 2 aliphatic rings. The lowest BCUT2D eigenvalue weighted by Crippen LogP contribution is -2.52. The fourth-order valence-corrected chi connectivity index (χ4v) is 4.15. The first-order valence-corrected chi connectivity index (χ1v) is 9.28. The van der Waals surface area contributed by atoms with E-state index in [2.05, 4.69) is 4.98 Å². The Morgan fingerprint density at radius 1 is 1.18 bits per heavy atom. The molecule has 0 aliphatic carbocycles. The van der Waals surface area contributed by atoms with E-state index >= 15 is 0 Å². The molecule has 3 rings (SSSR count). The summed E-state index contributed by atoms with van der Waals surface area (Å²) in [6.07, 6.45) is 0.543. The second-order valence-electron chi connectivity index (χ2n) is 7.23. The standard InChI is InChI=1S/C19H25N3O6/c1-10-15(12(3)23)11(2)20-16(10)17(24)21-7-5-13(6-8-21)22-14(18(25)27-4)9-28-19(22)26/h13-14,20H,5-9H2,1-4H3. The van der Waals surface area contributed by atoms with E-state index in [4.69, 9.17) is 9.47 Å². The van der Waals surface area contributed by atoms with Crippen LogP contribution in [0.2, 0.25) is 0 Å². The van der Waals surface area contributed by atoms with Gasteiger partial charge in [0.05, 0.1) is 7.11 Å². The molecule has 0 spiro atoms. The van der Waals surface area contributed by atoms with Crippen LogP contribution in [0.4, 0.5) is 4.79 Å². The molecular weight excluding hydrogens is 366 g/mol. The maximum absolute atomic E-state index is 12.9. The molecule has 9 heteroatoms. The highest BCUT2D eigenvalue weighted by molar-refractivity contribution is 6.02. The Bertz CT molecular complexity index is 822. The summed E-state index contributed by atoms with van der Waals surface area (Å²) >= 11 is 0. The number of hydrogen-bond acceptors (Lipinski definition) is 6. The summed E-state index contributed by atoms with van der Waals surface area (Å²) < 4.78 is 9.78. The third-order valence-electron chi connectivity index (χ3n) is 5.53. The van der Waals surface area contributed by atoms with Gasteiger partial charge < -0.3 is 19.4 Å². The lowest BCUT2D eigenvalue weighted by molar-refractivity contribution is -0.145. The molecule has 2 aliphatic heterocycles. The number of rotatable bonds is 4. The second-order valence-corrected chi connectivity index (χ2v) is 7.23. The van der Waals surface area contributed by atoms with Crippen LogP contribution in [0.5, 0.6) is 0 Å². The number of ether oxygens (including phenoxy) is 2. The van der Waals surface area contributed by atoms with Crippen molar-refractivity contribution in [2.24, 2.45) is 0 Å². The molecule has 1 N–H and O–H groups in total. The van der Waals surface area contributed by atoms with Gasteiger partial charge in [0.25, 0.3) is 5.91 Å². The van der Waals surface area contributed by atoms with Gasteiger partial charge in [-0.1, -0.05) is 0 Å². The molecule has 0 radical (unpaired) electrons. The average Bonchev–Trinajstić information content (AvgIpc) is 3.20. The van der Waals surface area contributed by atoms with E-state index in [1.54, 1.807) is 18.7 Å². The van der Waals surface area contributed by atoms with Crippen LogP contribution < -0.4 is 0 Å². The molecule has 1 aromatic rings. The van der Waals surface area contributed by atoms with E-state index in [1.807, 2.05) is 0 Å². The van der Waals surface area contributed by atoms with Crippen LogP contribution in [-0.4, -0.2) is 77.4 Å². The van der Waals surface area contributed by atoms with Crippen molar-refractivity contribution in [1.29, 1.82) is 0 Å². The molecule has 0 bridgehead atoms. The number of hydrogen-bond donors (Lipinski definition) is 1. The highest BCUT2D eigenvalue weighted by atomic mass is 16.6. The first kappa shape index (κ1) is 19.9. The number of likely N-dealkylation sites (tertiary alicyclic amines) is 1. The van der Waals surface area contributed by atoms with Gasteiger partial charge in [0, 0.05) is 30.4 Å². The maximum atomic E-state index is 12.9. The van der Waals surface area contributed by atoms with E-state index in [0.717, 1.165) is 0 Å². The molecular formula is C19H25N3O6. The molecule has 2 fully saturated rings. The number of carbonyl (C=O) groups excluding carboxylic acids is 4. The van der Waals surface area contributed by atoms with Crippen LogP contribution in [0.1, 0.15) is 51.9 Å². The monoisotopic (exact) mass is 391 g/mol. The van der Waals surface area contributed by atoms with Crippen molar-refractivity contribution in [2.75, 3.05) is 26.8 Å². The number of cyclic esters (lactones) is 1. The van der Waals surface area contributed by atoms with Crippen molar-refractivity contribution in [1.82, 2.24) is 14.8 Å². The van der Waals surface area contributed by atoms with E-state index < -0.39 is 18.1 Å². The SMILES string of the molecule is COC(=O)C1COC(=O)N1C1CCN(C(=O)c2[nH]c(C)c(C(C)=O)c2C)CC1. The third-order valence-corrected chi connectivity index (χ3v) is 5.53. The fraction of sp³-hybridized carbons (Fsp3) is 0.579. The molecule has 9 nitrogen and oxygen atoms in total. The molecule has 152 valence electrons. The number of H-pyrrole nitrogens is 1. The van der Waals surface area contributed by atoms with Crippen LogP contribution in [0.3, 0.4) is 0 Å². The number of Topliss-reactive ketones (excluding diaryl/α,β-unsaturated/α-hetero) is 1. The minimum Gasteiger partial charge on any atom is -0.467 e. The molecule has 28 heavy (non-hydrogen) atoms. The Morgan fingerprint density at radius 2 is 1.82 bits per heavy atom. The van der Waals surface area contributed by atoms with Crippen molar-refractivity contribution < 1.29 is 28.7 Å². The van der Waals surface area contributed by atoms with Crippen LogP contribution in [0.25, 0.3) is 0 Å². The van der Waals surface area contributed by atoms with Crippen molar-refractivity contribution in [3.05, 3.63) is 22.5 Å². The number of nitrogens with one attached hydrogen (secondary N) is 1. The number of amides is 2. The molecule has 2 saturated heterocycles. The summed E-state index contributed by atoms with van der Waals surface area (Å²) in [5.74, 6) is -0.746. The van der Waals surface area contributed by atoms with E-state index in [0.29, 0.717) is 48.4 Å². The smallest absolute Gasteiger partial charge is 0.410 e. The number of aromatic amines is 1. The van der Waals surface area contributed by atoms with Crippen molar-refractivity contribution >= 4 is 23.8 Å². The number of piperidine rings is 1. The van der Waals surface area contributed by atoms with Gasteiger partial charge in [0.2, 0.25) is 0 Å². The van der Waals surface area contributed by atoms with Gasteiger partial charge in [0.15, 0.2) is 11.8 Å². The van der Waals surface area contributed by atoms with E-state index in [1.165, 1.54) is 18.9 Å². The van der Waals surface area contributed by atoms with Crippen molar-refractivity contribution in [2.45, 2.75) is 45.7 Å². The van der Waals surface area contributed by atoms with Gasteiger partial charge in [-0.2, -0.15) is 0 Å². The normalized spacial score (nSPS) is 20.3. The Morgan fingerprint density at radius 3 is 2.36 bits per heavy atom. The number of methoxy groups -OCH3 is 1. The predicted molar refractivity (Wildman–Crippen MR) is 98.2 cm³/mol. The number of carbonyl (C=O) groups is 4. The van der Waals surface area contributed by atoms with Crippen molar-refractivity contribution in [3.63, 3.8) is 0 Å². The van der Waals surface area contributed by atoms with Gasteiger partial charge in [0.1, 0.15) is 12.3 Å². The third kappa shape index (κ3) is 3.36. The van der Waals surface area contributed by atoms with Gasteiger partial charge in [-0.3, -0.25) is 14.5 Å². The summed E-state index contributed by atoms with van der Waals surface area (Å²) in [7, 11) is 1.28.